The summed E-state index contributed by atoms with van der Waals surface area (Å²) in [5.41, 5.74) is 1.45. The second-order valence-corrected chi connectivity index (χ2v) is 6.32. The molecule has 1 saturated carbocycles. The molecule has 1 atom stereocenters. The van der Waals surface area contributed by atoms with Crippen molar-refractivity contribution in [2.75, 3.05) is 6.61 Å². The fourth-order valence-corrected chi connectivity index (χ4v) is 2.73. The van der Waals surface area contributed by atoms with Crippen LogP contribution in [0.2, 0.25) is 0 Å². The first-order valence-corrected chi connectivity index (χ1v) is 8.11. The fraction of sp³-hybridized carbons (Fsp3) is 0.300. The summed E-state index contributed by atoms with van der Waals surface area (Å²) in [6, 6.07) is 19.9. The molecule has 1 amide bonds. The smallest absolute Gasteiger partial charge is 0.259 e. The van der Waals surface area contributed by atoms with E-state index in [0.29, 0.717) is 5.75 Å². The van der Waals surface area contributed by atoms with E-state index in [-0.39, 0.29) is 18.4 Å². The predicted octanol–water partition coefficient (Wildman–Crippen LogP) is 3.54. The SMILES string of the molecule is C[C@@](C#N)(NC(=O)COc1ccc(-c2ccccc2)cc1)C1CC1. The van der Waals surface area contributed by atoms with Crippen LogP contribution in [0.4, 0.5) is 0 Å². The molecule has 4 heteroatoms. The average Bonchev–Trinajstić information content (AvgIpc) is 3.47. The molecule has 0 radical (unpaired) electrons. The van der Waals surface area contributed by atoms with Crippen LogP contribution in [0.25, 0.3) is 11.1 Å². The van der Waals surface area contributed by atoms with Crippen LogP contribution in [0, 0.1) is 17.2 Å². The molecule has 0 spiro atoms. The molecule has 0 aromatic heterocycles. The minimum atomic E-state index is -0.780. The average molecular weight is 320 g/mol. The van der Waals surface area contributed by atoms with Gasteiger partial charge in [0, 0.05) is 0 Å². The van der Waals surface area contributed by atoms with Gasteiger partial charge in [-0.2, -0.15) is 5.26 Å². The van der Waals surface area contributed by atoms with Gasteiger partial charge < -0.3 is 10.1 Å². The standard InChI is InChI=1S/C20H20N2O2/c1-20(14-21,17-9-10-17)22-19(23)13-24-18-11-7-16(8-12-18)15-5-3-2-4-6-15/h2-8,11-12,17H,9-10,13H2,1H3,(H,22,23)/t20-/m0/s1. The van der Waals surface area contributed by atoms with Crippen molar-refractivity contribution in [3.05, 3.63) is 54.6 Å². The minimum Gasteiger partial charge on any atom is -0.484 e. The van der Waals surface area contributed by atoms with Gasteiger partial charge in [-0.05, 0) is 48.9 Å². The van der Waals surface area contributed by atoms with Gasteiger partial charge in [-0.1, -0.05) is 42.5 Å². The molecule has 0 heterocycles. The number of hydrogen-bond donors (Lipinski definition) is 1. The molecule has 3 rings (SSSR count). The molecule has 0 aliphatic heterocycles. The highest BCUT2D eigenvalue weighted by atomic mass is 16.5. The Morgan fingerprint density at radius 2 is 1.79 bits per heavy atom. The van der Waals surface area contributed by atoms with Crippen LogP contribution in [-0.2, 0) is 4.79 Å². The molecule has 1 aliphatic rings. The molecule has 2 aromatic rings. The molecular formula is C20H20N2O2. The monoisotopic (exact) mass is 320 g/mol. The van der Waals surface area contributed by atoms with E-state index in [1.54, 1.807) is 6.92 Å². The maximum absolute atomic E-state index is 12.0. The van der Waals surface area contributed by atoms with Crippen molar-refractivity contribution >= 4 is 5.91 Å². The lowest BCUT2D eigenvalue weighted by molar-refractivity contribution is -0.124. The van der Waals surface area contributed by atoms with Crippen molar-refractivity contribution in [1.29, 1.82) is 5.26 Å². The van der Waals surface area contributed by atoms with E-state index in [4.69, 9.17) is 4.74 Å². The molecule has 122 valence electrons. The number of carbonyl (C=O) groups excluding carboxylic acids is 1. The third kappa shape index (κ3) is 3.75. The van der Waals surface area contributed by atoms with Crippen molar-refractivity contribution in [2.24, 2.45) is 5.92 Å². The van der Waals surface area contributed by atoms with Crippen LogP contribution in [0.3, 0.4) is 0 Å². The van der Waals surface area contributed by atoms with Gasteiger partial charge in [0.05, 0.1) is 6.07 Å². The third-order valence-electron chi connectivity index (χ3n) is 4.36. The van der Waals surface area contributed by atoms with Gasteiger partial charge in [0.25, 0.3) is 5.91 Å². The molecule has 24 heavy (non-hydrogen) atoms. The van der Waals surface area contributed by atoms with Crippen LogP contribution >= 0.6 is 0 Å². The first-order chi connectivity index (χ1) is 11.6. The summed E-state index contributed by atoms with van der Waals surface area (Å²) in [6.45, 7) is 1.69. The summed E-state index contributed by atoms with van der Waals surface area (Å²) in [6.07, 6.45) is 1.98. The lowest BCUT2D eigenvalue weighted by Crippen LogP contribution is -2.48. The number of carbonyl (C=O) groups is 1. The molecule has 4 nitrogen and oxygen atoms in total. The molecule has 0 bridgehead atoms. The highest BCUT2D eigenvalue weighted by Crippen LogP contribution is 2.39. The normalized spacial score (nSPS) is 15.8. The number of benzene rings is 2. The molecular weight excluding hydrogens is 300 g/mol. The lowest BCUT2D eigenvalue weighted by atomic mass is 9.98. The molecule has 0 unspecified atom stereocenters. The molecule has 0 saturated heterocycles. The quantitative estimate of drug-likeness (QED) is 0.885. The largest absolute Gasteiger partial charge is 0.484 e. The lowest BCUT2D eigenvalue weighted by Gasteiger charge is -2.22. The Balaban J connectivity index is 1.55. The summed E-state index contributed by atoms with van der Waals surface area (Å²) in [5, 5.41) is 12.1. The Morgan fingerprint density at radius 1 is 1.17 bits per heavy atom. The fourth-order valence-electron chi connectivity index (χ4n) is 2.73. The zero-order chi connectivity index (χ0) is 17.0. The van der Waals surface area contributed by atoms with E-state index < -0.39 is 5.54 Å². The second kappa shape index (κ2) is 6.76. The van der Waals surface area contributed by atoms with Crippen LogP contribution in [-0.4, -0.2) is 18.1 Å². The number of ether oxygens (including phenoxy) is 1. The molecule has 2 aromatic carbocycles. The highest BCUT2D eigenvalue weighted by Gasteiger charge is 2.43. The number of amides is 1. The number of hydrogen-bond acceptors (Lipinski definition) is 3. The van der Waals surface area contributed by atoms with Crippen molar-refractivity contribution in [1.82, 2.24) is 5.32 Å². The van der Waals surface area contributed by atoms with Gasteiger partial charge in [-0.15, -0.1) is 0 Å². The van der Waals surface area contributed by atoms with Crippen molar-refractivity contribution in [3.8, 4) is 22.9 Å². The second-order valence-electron chi connectivity index (χ2n) is 6.32. The van der Waals surface area contributed by atoms with E-state index in [0.717, 1.165) is 24.0 Å². The van der Waals surface area contributed by atoms with Crippen molar-refractivity contribution < 1.29 is 9.53 Å². The van der Waals surface area contributed by atoms with Gasteiger partial charge in [0.2, 0.25) is 0 Å². The van der Waals surface area contributed by atoms with Gasteiger partial charge >= 0.3 is 0 Å². The Hall–Kier alpha value is -2.80. The van der Waals surface area contributed by atoms with Gasteiger partial charge in [-0.25, -0.2) is 0 Å². The summed E-state index contributed by atoms with van der Waals surface area (Å²) in [4.78, 5) is 12.0. The van der Waals surface area contributed by atoms with E-state index >= 15 is 0 Å². The minimum absolute atomic E-state index is 0.0886. The highest BCUT2D eigenvalue weighted by molar-refractivity contribution is 5.79. The first-order valence-electron chi connectivity index (χ1n) is 8.11. The Labute approximate surface area is 142 Å². The summed E-state index contributed by atoms with van der Waals surface area (Å²) < 4.78 is 5.53. The van der Waals surface area contributed by atoms with Crippen LogP contribution < -0.4 is 10.1 Å². The topological polar surface area (TPSA) is 62.1 Å². The van der Waals surface area contributed by atoms with Gasteiger partial charge in [0.15, 0.2) is 6.61 Å². The van der Waals surface area contributed by atoms with E-state index in [1.165, 1.54) is 0 Å². The van der Waals surface area contributed by atoms with Gasteiger partial charge in [0.1, 0.15) is 11.3 Å². The van der Waals surface area contributed by atoms with Crippen LogP contribution in [0.1, 0.15) is 19.8 Å². The first kappa shape index (κ1) is 16.1. The van der Waals surface area contributed by atoms with Gasteiger partial charge in [-0.3, -0.25) is 4.79 Å². The van der Waals surface area contributed by atoms with E-state index in [2.05, 4.69) is 11.4 Å². The summed E-state index contributed by atoms with van der Waals surface area (Å²) in [7, 11) is 0. The Bertz CT molecular complexity index is 745. The van der Waals surface area contributed by atoms with Crippen molar-refractivity contribution in [3.63, 3.8) is 0 Å². The van der Waals surface area contributed by atoms with E-state index in [9.17, 15) is 10.1 Å². The summed E-state index contributed by atoms with van der Waals surface area (Å²) in [5.74, 6) is 0.629. The molecule has 1 N–H and O–H groups in total. The maximum Gasteiger partial charge on any atom is 0.259 e. The zero-order valence-electron chi connectivity index (χ0n) is 13.7. The van der Waals surface area contributed by atoms with Crippen LogP contribution in [0.5, 0.6) is 5.75 Å². The number of nitrogens with zero attached hydrogens (tertiary/aromatic N) is 1. The summed E-state index contributed by atoms with van der Waals surface area (Å²) >= 11 is 0. The molecule has 1 fully saturated rings. The van der Waals surface area contributed by atoms with Crippen LogP contribution in [0.15, 0.2) is 54.6 Å². The number of nitrogens with one attached hydrogen (secondary N) is 1. The third-order valence-corrected chi connectivity index (χ3v) is 4.36. The predicted molar refractivity (Wildman–Crippen MR) is 92.3 cm³/mol. The zero-order valence-corrected chi connectivity index (χ0v) is 13.7. The number of rotatable bonds is 6. The molecule has 1 aliphatic carbocycles. The number of nitriles is 1. The van der Waals surface area contributed by atoms with E-state index in [1.807, 2.05) is 54.6 Å². The Kier molecular flexibility index (Phi) is 4.52. The van der Waals surface area contributed by atoms with Crippen molar-refractivity contribution in [2.45, 2.75) is 25.3 Å². The Morgan fingerprint density at radius 3 is 2.38 bits per heavy atom. The maximum atomic E-state index is 12.0.